The highest BCUT2D eigenvalue weighted by atomic mass is 16.5. The number of hydrogen-bond acceptors (Lipinski definition) is 5. The van der Waals surface area contributed by atoms with Crippen molar-refractivity contribution in [1.29, 1.82) is 0 Å². The van der Waals surface area contributed by atoms with Gasteiger partial charge in [-0.1, -0.05) is 72.8 Å². The van der Waals surface area contributed by atoms with Gasteiger partial charge in [0.15, 0.2) is 5.78 Å². The van der Waals surface area contributed by atoms with E-state index in [4.69, 9.17) is 9.47 Å². The van der Waals surface area contributed by atoms with E-state index in [0.29, 0.717) is 24.5 Å². The third kappa shape index (κ3) is 8.42. The molecule has 0 fully saturated rings. The van der Waals surface area contributed by atoms with Crippen molar-refractivity contribution in [2.75, 3.05) is 52.5 Å². The van der Waals surface area contributed by atoms with Crippen LogP contribution >= 0.6 is 0 Å². The molecule has 0 bridgehead atoms. The summed E-state index contributed by atoms with van der Waals surface area (Å²) in [5.41, 5.74) is 6.13. The van der Waals surface area contributed by atoms with E-state index in [-0.39, 0.29) is 5.78 Å². The molecule has 0 amide bonds. The van der Waals surface area contributed by atoms with Crippen LogP contribution in [0.3, 0.4) is 0 Å². The van der Waals surface area contributed by atoms with Crippen LogP contribution in [0.1, 0.15) is 54.1 Å². The molecule has 2 heterocycles. The van der Waals surface area contributed by atoms with Crippen molar-refractivity contribution < 1.29 is 14.3 Å². The molecule has 0 saturated carbocycles. The van der Waals surface area contributed by atoms with Crippen LogP contribution in [0, 0.1) is 0 Å². The molecule has 0 N–H and O–H groups in total. The van der Waals surface area contributed by atoms with Crippen LogP contribution in [-0.2, 0) is 0 Å². The molecule has 214 valence electrons. The lowest BCUT2D eigenvalue weighted by atomic mass is 9.99. The first-order valence-corrected chi connectivity index (χ1v) is 15.0. The quantitative estimate of drug-likeness (QED) is 0.169. The molecule has 5 nitrogen and oxygen atoms in total. The highest BCUT2D eigenvalue weighted by Crippen LogP contribution is 2.26. The average molecular weight is 551 g/mol. The number of ketones is 1. The molecule has 0 unspecified atom stereocenters. The fourth-order valence-electron chi connectivity index (χ4n) is 5.61. The number of rotatable bonds is 13. The number of carbonyl (C=O) groups excluding carboxylic acids is 1. The molecular formula is C36H42N2O3. The number of carbonyl (C=O) groups is 1. The summed E-state index contributed by atoms with van der Waals surface area (Å²) in [4.78, 5) is 17.3. The Bertz CT molecular complexity index is 1330. The summed E-state index contributed by atoms with van der Waals surface area (Å²) >= 11 is 0. The van der Waals surface area contributed by atoms with Gasteiger partial charge in [-0.2, -0.15) is 0 Å². The Morgan fingerprint density at radius 1 is 0.707 bits per heavy atom. The molecule has 0 spiro atoms. The van der Waals surface area contributed by atoms with Crippen molar-refractivity contribution in [2.24, 2.45) is 0 Å². The van der Waals surface area contributed by atoms with Gasteiger partial charge in [0, 0.05) is 39.3 Å². The largest absolute Gasteiger partial charge is 0.494 e. The number of hydrogen-bond donors (Lipinski definition) is 0. The zero-order valence-electron chi connectivity index (χ0n) is 24.3. The Morgan fingerprint density at radius 2 is 1.24 bits per heavy atom. The molecule has 3 aromatic rings. The molecule has 41 heavy (non-hydrogen) atoms. The SMILES string of the molecule is CC(=O)c1cc(OCCCN2CC=C(c3ccccc3)CC2)ccc1OCCCN1CC=C(c2ccccc2)CC1. The summed E-state index contributed by atoms with van der Waals surface area (Å²) in [6.45, 7) is 8.87. The summed E-state index contributed by atoms with van der Waals surface area (Å²) in [7, 11) is 0. The molecule has 0 atom stereocenters. The first kappa shape index (κ1) is 28.8. The second-order valence-corrected chi connectivity index (χ2v) is 10.9. The Kier molecular flexibility index (Phi) is 10.4. The Balaban J connectivity index is 1.01. The van der Waals surface area contributed by atoms with Gasteiger partial charge in [0.25, 0.3) is 0 Å². The van der Waals surface area contributed by atoms with E-state index in [9.17, 15) is 4.79 Å². The van der Waals surface area contributed by atoms with E-state index in [1.165, 1.54) is 22.3 Å². The van der Waals surface area contributed by atoms with Gasteiger partial charge < -0.3 is 9.47 Å². The average Bonchev–Trinajstić information content (AvgIpc) is 3.03. The first-order valence-electron chi connectivity index (χ1n) is 15.0. The molecule has 5 heteroatoms. The minimum atomic E-state index is -0.00520. The van der Waals surface area contributed by atoms with E-state index < -0.39 is 0 Å². The van der Waals surface area contributed by atoms with Crippen LogP contribution in [0.5, 0.6) is 11.5 Å². The van der Waals surface area contributed by atoms with Crippen molar-refractivity contribution in [1.82, 2.24) is 9.80 Å². The van der Waals surface area contributed by atoms with E-state index in [1.807, 2.05) is 18.2 Å². The molecule has 0 saturated heterocycles. The van der Waals surface area contributed by atoms with Gasteiger partial charge in [-0.3, -0.25) is 14.6 Å². The van der Waals surface area contributed by atoms with Crippen LogP contribution in [0.25, 0.3) is 11.1 Å². The second-order valence-electron chi connectivity index (χ2n) is 10.9. The topological polar surface area (TPSA) is 42.0 Å². The fraction of sp³-hybridized carbons (Fsp3) is 0.361. The maximum absolute atomic E-state index is 12.3. The van der Waals surface area contributed by atoms with E-state index >= 15 is 0 Å². The summed E-state index contributed by atoms with van der Waals surface area (Å²) in [5.74, 6) is 1.36. The van der Waals surface area contributed by atoms with Gasteiger partial charge in [0.1, 0.15) is 11.5 Å². The van der Waals surface area contributed by atoms with E-state index in [2.05, 4.69) is 82.6 Å². The van der Waals surface area contributed by atoms with Gasteiger partial charge in [0.2, 0.25) is 0 Å². The van der Waals surface area contributed by atoms with Crippen LogP contribution in [0.4, 0.5) is 0 Å². The maximum Gasteiger partial charge on any atom is 0.163 e. The molecule has 2 aliphatic rings. The van der Waals surface area contributed by atoms with Gasteiger partial charge in [0.05, 0.1) is 18.8 Å². The Morgan fingerprint density at radius 3 is 1.73 bits per heavy atom. The maximum atomic E-state index is 12.3. The highest BCUT2D eigenvalue weighted by Gasteiger charge is 2.15. The van der Waals surface area contributed by atoms with Gasteiger partial charge in [-0.25, -0.2) is 0 Å². The van der Waals surface area contributed by atoms with Crippen LogP contribution in [0.15, 0.2) is 91.0 Å². The van der Waals surface area contributed by atoms with Gasteiger partial charge in [-0.15, -0.1) is 0 Å². The van der Waals surface area contributed by atoms with Crippen molar-refractivity contribution >= 4 is 16.9 Å². The van der Waals surface area contributed by atoms with Crippen LogP contribution in [-0.4, -0.2) is 68.1 Å². The number of ether oxygens (including phenoxy) is 2. The highest BCUT2D eigenvalue weighted by molar-refractivity contribution is 5.97. The Labute approximate surface area is 245 Å². The van der Waals surface area contributed by atoms with Gasteiger partial charge >= 0.3 is 0 Å². The summed E-state index contributed by atoms with van der Waals surface area (Å²) in [5, 5.41) is 0. The molecule has 5 rings (SSSR count). The molecular weight excluding hydrogens is 508 g/mol. The van der Waals surface area contributed by atoms with Crippen LogP contribution in [0.2, 0.25) is 0 Å². The fourth-order valence-corrected chi connectivity index (χ4v) is 5.61. The summed E-state index contributed by atoms with van der Waals surface area (Å²) < 4.78 is 12.1. The Hall–Kier alpha value is -3.67. The second kappa shape index (κ2) is 14.8. The minimum Gasteiger partial charge on any atom is -0.494 e. The van der Waals surface area contributed by atoms with E-state index in [1.54, 1.807) is 6.92 Å². The lowest BCUT2D eigenvalue weighted by molar-refractivity contribution is 0.101. The predicted octanol–water partition coefficient (Wildman–Crippen LogP) is 7.01. The third-order valence-electron chi connectivity index (χ3n) is 7.97. The van der Waals surface area contributed by atoms with Crippen LogP contribution < -0.4 is 9.47 Å². The monoisotopic (exact) mass is 550 g/mol. The molecule has 3 aromatic carbocycles. The predicted molar refractivity (Wildman–Crippen MR) is 168 cm³/mol. The normalized spacial score (nSPS) is 16.1. The molecule has 0 aromatic heterocycles. The third-order valence-corrected chi connectivity index (χ3v) is 7.97. The van der Waals surface area contributed by atoms with Crippen molar-refractivity contribution in [3.05, 3.63) is 108 Å². The molecule has 0 radical (unpaired) electrons. The van der Waals surface area contributed by atoms with E-state index in [0.717, 1.165) is 70.7 Å². The summed E-state index contributed by atoms with van der Waals surface area (Å²) in [6, 6.07) is 26.9. The first-order chi connectivity index (χ1) is 20.2. The zero-order chi connectivity index (χ0) is 28.3. The molecule has 0 aliphatic carbocycles. The lowest BCUT2D eigenvalue weighted by Gasteiger charge is -2.26. The number of Topliss-reactive ketones (excluding diaryl/α,β-unsaturated/α-hetero) is 1. The summed E-state index contributed by atoms with van der Waals surface area (Å²) in [6.07, 6.45) is 8.72. The minimum absolute atomic E-state index is 0.00520. The lowest BCUT2D eigenvalue weighted by Crippen LogP contribution is -2.30. The molecule has 2 aliphatic heterocycles. The zero-order valence-corrected chi connectivity index (χ0v) is 24.3. The van der Waals surface area contributed by atoms with Crippen molar-refractivity contribution in [3.8, 4) is 11.5 Å². The number of nitrogens with zero attached hydrogens (tertiary/aromatic N) is 2. The number of benzene rings is 3. The van der Waals surface area contributed by atoms with Crippen molar-refractivity contribution in [3.63, 3.8) is 0 Å². The standard InChI is InChI=1S/C36H42N2O3/c1-29(39)35-28-34(40-26-8-20-37-22-16-32(17-23-37)30-10-4-2-5-11-30)14-15-36(35)41-27-9-21-38-24-18-33(19-25-38)31-12-6-3-7-13-31/h2-7,10-16,18,28H,8-9,17,19-27H2,1H3. The van der Waals surface area contributed by atoms with Crippen molar-refractivity contribution in [2.45, 2.75) is 32.6 Å². The van der Waals surface area contributed by atoms with Gasteiger partial charge in [-0.05, 0) is 73.1 Å². The smallest absolute Gasteiger partial charge is 0.163 e.